The van der Waals surface area contributed by atoms with Crippen LogP contribution in [0.2, 0.25) is 5.02 Å². The Labute approximate surface area is 187 Å². The molecule has 0 spiro atoms. The van der Waals surface area contributed by atoms with E-state index in [1.807, 2.05) is 20.8 Å². The molecule has 1 atom stereocenters. The lowest BCUT2D eigenvalue weighted by molar-refractivity contribution is -0.137. The van der Waals surface area contributed by atoms with E-state index in [1.165, 1.54) is 12.5 Å². The van der Waals surface area contributed by atoms with Gasteiger partial charge in [0.2, 0.25) is 0 Å². The molecule has 0 fully saturated rings. The molecule has 0 saturated heterocycles. The first-order valence-electron chi connectivity index (χ1n) is 9.73. The number of carbonyl (C=O) groups is 1. The van der Waals surface area contributed by atoms with Gasteiger partial charge in [-0.05, 0) is 23.6 Å². The number of fused-ring (bicyclic) bond motifs is 1. The lowest BCUT2D eigenvalue weighted by atomic mass is 9.84. The molecule has 11 heteroatoms. The summed E-state index contributed by atoms with van der Waals surface area (Å²) in [4.78, 5) is 24.3. The molecule has 4 aromatic rings. The number of pyridine rings is 1. The van der Waals surface area contributed by atoms with Gasteiger partial charge in [-0.3, -0.25) is 9.89 Å². The van der Waals surface area contributed by atoms with Gasteiger partial charge in [0, 0.05) is 12.2 Å². The predicted molar refractivity (Wildman–Crippen MR) is 117 cm³/mol. The minimum atomic E-state index is -1.02. The van der Waals surface area contributed by atoms with Crippen molar-refractivity contribution in [2.24, 2.45) is 5.41 Å². The van der Waals surface area contributed by atoms with Gasteiger partial charge in [0.15, 0.2) is 28.9 Å². The minimum absolute atomic E-state index is 0.0804. The summed E-state index contributed by atoms with van der Waals surface area (Å²) in [6.45, 7) is 5.57. The van der Waals surface area contributed by atoms with E-state index in [4.69, 9.17) is 16.0 Å². The zero-order valence-electron chi connectivity index (χ0n) is 17.5. The highest BCUT2D eigenvalue weighted by atomic mass is 35.5. The summed E-state index contributed by atoms with van der Waals surface area (Å²) in [7, 11) is 0. The van der Waals surface area contributed by atoms with E-state index < -0.39 is 23.2 Å². The summed E-state index contributed by atoms with van der Waals surface area (Å²) >= 11 is 6.08. The second kappa shape index (κ2) is 8.19. The van der Waals surface area contributed by atoms with Crippen molar-refractivity contribution < 1.29 is 18.7 Å². The molecule has 4 rings (SSSR count). The van der Waals surface area contributed by atoms with Crippen LogP contribution in [0.5, 0.6) is 0 Å². The smallest absolute Gasteiger partial charge is 0.305 e. The third-order valence-corrected chi connectivity index (χ3v) is 5.15. The van der Waals surface area contributed by atoms with Crippen LogP contribution in [-0.2, 0) is 4.79 Å². The monoisotopic (exact) mass is 458 g/mol. The molecule has 0 saturated carbocycles. The Bertz CT molecular complexity index is 1280. The average Bonchev–Trinajstić information content (AvgIpc) is 3.37. The molecule has 0 radical (unpaired) electrons. The van der Waals surface area contributed by atoms with Gasteiger partial charge in [-0.2, -0.15) is 5.10 Å². The van der Waals surface area contributed by atoms with Crippen LogP contribution in [0.25, 0.3) is 34.0 Å². The van der Waals surface area contributed by atoms with Gasteiger partial charge in [0.25, 0.3) is 0 Å². The van der Waals surface area contributed by atoms with E-state index in [1.54, 1.807) is 18.2 Å². The molecule has 0 bridgehead atoms. The molecule has 0 aromatic carbocycles. The van der Waals surface area contributed by atoms with Crippen molar-refractivity contribution in [2.45, 2.75) is 33.2 Å². The number of carboxylic acid groups (broad SMARTS) is 1. The Morgan fingerprint density at radius 1 is 1.38 bits per heavy atom. The SMILES string of the molecule is CC(C)(C)C(CC(=O)O)Nc1nc(-c2[nH]nc3ncc(Cl)cc23)nc(-c2ccco2)c1F. The van der Waals surface area contributed by atoms with Crippen LogP contribution in [-0.4, -0.2) is 42.3 Å². The summed E-state index contributed by atoms with van der Waals surface area (Å²) in [5.74, 6) is -1.61. The highest BCUT2D eigenvalue weighted by Gasteiger charge is 2.30. The molecule has 4 aromatic heterocycles. The van der Waals surface area contributed by atoms with E-state index in [-0.39, 0.29) is 29.5 Å². The summed E-state index contributed by atoms with van der Waals surface area (Å²) in [5, 5.41) is 20.2. The molecule has 32 heavy (non-hydrogen) atoms. The number of carboxylic acids is 1. The molecule has 0 amide bonds. The number of anilines is 1. The Morgan fingerprint density at radius 2 is 2.16 bits per heavy atom. The standard InChI is InChI=1S/C21H20ClFN6O3/c1-21(2,3)13(8-14(30)31)25-19-15(23)17(12-5-4-6-32-12)26-20(27-19)16-11-7-10(22)9-24-18(11)29-28-16/h4-7,9,13H,8H2,1-3H3,(H,30,31)(H,24,28,29)(H,25,26,27). The molecule has 4 heterocycles. The minimum Gasteiger partial charge on any atom is -0.481 e. The van der Waals surface area contributed by atoms with Gasteiger partial charge < -0.3 is 14.8 Å². The van der Waals surface area contributed by atoms with E-state index in [0.717, 1.165) is 0 Å². The number of rotatable bonds is 6. The Morgan fingerprint density at radius 3 is 2.81 bits per heavy atom. The zero-order chi connectivity index (χ0) is 23.0. The van der Waals surface area contributed by atoms with Crippen molar-refractivity contribution >= 4 is 34.4 Å². The Kier molecular flexibility index (Phi) is 5.55. The summed E-state index contributed by atoms with van der Waals surface area (Å²) in [6, 6.07) is 4.22. The van der Waals surface area contributed by atoms with Gasteiger partial charge in [-0.1, -0.05) is 32.4 Å². The zero-order valence-corrected chi connectivity index (χ0v) is 18.2. The fraction of sp³-hybridized carbons (Fsp3) is 0.286. The van der Waals surface area contributed by atoms with Crippen molar-refractivity contribution in [1.82, 2.24) is 25.1 Å². The fourth-order valence-electron chi connectivity index (χ4n) is 3.19. The predicted octanol–water partition coefficient (Wildman–Crippen LogP) is 4.77. The number of furan rings is 1. The van der Waals surface area contributed by atoms with Crippen molar-refractivity contribution in [3.8, 4) is 23.0 Å². The lowest BCUT2D eigenvalue weighted by Crippen LogP contribution is -2.36. The van der Waals surface area contributed by atoms with Crippen molar-refractivity contribution in [3.63, 3.8) is 0 Å². The van der Waals surface area contributed by atoms with Gasteiger partial charge in [0.05, 0.1) is 23.1 Å². The first-order valence-corrected chi connectivity index (χ1v) is 10.1. The van der Waals surface area contributed by atoms with Crippen molar-refractivity contribution in [2.75, 3.05) is 5.32 Å². The maximum Gasteiger partial charge on any atom is 0.305 e. The second-order valence-electron chi connectivity index (χ2n) is 8.32. The molecule has 1 unspecified atom stereocenters. The summed E-state index contributed by atoms with van der Waals surface area (Å²) in [5.41, 5.74) is 0.197. The first-order chi connectivity index (χ1) is 15.1. The quantitative estimate of drug-likeness (QED) is 0.376. The molecule has 0 aliphatic carbocycles. The number of H-pyrrole nitrogens is 1. The van der Waals surface area contributed by atoms with Crippen LogP contribution in [0.1, 0.15) is 27.2 Å². The normalized spacial score (nSPS) is 12.8. The fourth-order valence-corrected chi connectivity index (χ4v) is 3.35. The van der Waals surface area contributed by atoms with Crippen molar-refractivity contribution in [1.29, 1.82) is 0 Å². The van der Waals surface area contributed by atoms with E-state index in [9.17, 15) is 9.90 Å². The number of nitrogens with zero attached hydrogens (tertiary/aromatic N) is 4. The number of aromatic nitrogens is 5. The number of hydrogen-bond donors (Lipinski definition) is 3. The Hall–Kier alpha value is -3.53. The Balaban J connectivity index is 1.89. The average molecular weight is 459 g/mol. The topological polar surface area (TPSA) is 130 Å². The van der Waals surface area contributed by atoms with Gasteiger partial charge >= 0.3 is 5.97 Å². The molecule has 166 valence electrons. The number of hydrogen-bond acceptors (Lipinski definition) is 7. The molecule has 3 N–H and O–H groups in total. The highest BCUT2D eigenvalue weighted by Crippen LogP contribution is 2.33. The maximum atomic E-state index is 15.5. The van der Waals surface area contributed by atoms with Gasteiger partial charge in [-0.15, -0.1) is 0 Å². The van der Waals surface area contributed by atoms with E-state index >= 15 is 4.39 Å². The summed E-state index contributed by atoms with van der Waals surface area (Å²) < 4.78 is 20.8. The van der Waals surface area contributed by atoms with Crippen LogP contribution in [0.3, 0.4) is 0 Å². The number of aromatic amines is 1. The third-order valence-electron chi connectivity index (χ3n) is 4.94. The van der Waals surface area contributed by atoms with E-state index in [0.29, 0.717) is 21.7 Å². The van der Waals surface area contributed by atoms with Gasteiger partial charge in [0.1, 0.15) is 11.4 Å². The highest BCUT2D eigenvalue weighted by molar-refractivity contribution is 6.31. The van der Waals surface area contributed by atoms with Gasteiger partial charge in [-0.25, -0.2) is 19.3 Å². The molecular formula is C21H20ClFN6O3. The number of nitrogens with one attached hydrogen (secondary N) is 2. The molecule has 9 nitrogen and oxygen atoms in total. The first kappa shape index (κ1) is 21.7. The lowest BCUT2D eigenvalue weighted by Gasteiger charge is -2.31. The largest absolute Gasteiger partial charge is 0.481 e. The van der Waals surface area contributed by atoms with Crippen LogP contribution in [0.4, 0.5) is 10.2 Å². The third kappa shape index (κ3) is 4.26. The summed E-state index contributed by atoms with van der Waals surface area (Å²) in [6.07, 6.45) is 2.63. The van der Waals surface area contributed by atoms with Crippen LogP contribution < -0.4 is 5.32 Å². The van der Waals surface area contributed by atoms with Crippen LogP contribution in [0, 0.1) is 11.2 Å². The van der Waals surface area contributed by atoms with E-state index in [2.05, 4.69) is 30.5 Å². The van der Waals surface area contributed by atoms with Crippen molar-refractivity contribution in [3.05, 3.63) is 41.5 Å². The maximum absolute atomic E-state index is 15.5. The van der Waals surface area contributed by atoms with Crippen LogP contribution >= 0.6 is 11.6 Å². The second-order valence-corrected chi connectivity index (χ2v) is 8.76. The van der Waals surface area contributed by atoms with Crippen LogP contribution in [0.15, 0.2) is 35.1 Å². The number of halogens is 2. The molecule has 0 aliphatic rings. The number of aliphatic carboxylic acids is 1. The molecular weight excluding hydrogens is 439 g/mol. The molecule has 0 aliphatic heterocycles.